The largest absolute Gasteiger partial charge is 0.267 e. The first-order valence-electron chi connectivity index (χ1n) is 5.07. The number of rotatable bonds is 2. The Morgan fingerprint density at radius 3 is 2.41 bits per heavy atom. The van der Waals surface area contributed by atoms with Gasteiger partial charge in [0.1, 0.15) is 0 Å². The molecule has 0 atom stereocenters. The normalized spacial score (nSPS) is 11.7. The first-order chi connectivity index (χ1) is 7.91. The fraction of sp³-hybridized carbons (Fsp3) is 0.167. The number of hydrogen-bond acceptors (Lipinski definition) is 2. The second kappa shape index (κ2) is 4.20. The van der Waals surface area contributed by atoms with Gasteiger partial charge in [0.25, 0.3) is 10.0 Å². The lowest BCUT2D eigenvalue weighted by Gasteiger charge is -2.09. The van der Waals surface area contributed by atoms with Gasteiger partial charge < -0.3 is 0 Å². The van der Waals surface area contributed by atoms with Gasteiger partial charge in [0.05, 0.1) is 9.92 Å². The summed E-state index contributed by atoms with van der Waals surface area (Å²) in [6, 6.07) is 6.79. The lowest BCUT2D eigenvalue weighted by atomic mass is 10.2. The first-order valence-corrected chi connectivity index (χ1v) is 6.89. The van der Waals surface area contributed by atoms with Crippen LogP contribution in [0.4, 0.5) is 0 Å². The van der Waals surface area contributed by atoms with Gasteiger partial charge in [-0.15, -0.1) is 0 Å². The van der Waals surface area contributed by atoms with E-state index in [1.54, 1.807) is 25.1 Å². The Kier molecular flexibility index (Phi) is 3.02. The molecule has 0 unspecified atom stereocenters. The average molecular weight is 270 g/mol. The van der Waals surface area contributed by atoms with Crippen LogP contribution in [-0.4, -0.2) is 12.4 Å². The van der Waals surface area contributed by atoms with E-state index >= 15 is 0 Å². The summed E-state index contributed by atoms with van der Waals surface area (Å²) in [6.45, 7) is 3.71. The van der Waals surface area contributed by atoms with Crippen molar-refractivity contribution in [1.29, 1.82) is 0 Å². The average Bonchev–Trinajstić information content (AvgIpc) is 2.64. The highest BCUT2D eigenvalue weighted by Crippen LogP contribution is 2.21. The molecule has 0 bridgehead atoms. The van der Waals surface area contributed by atoms with Crippen molar-refractivity contribution in [1.82, 2.24) is 3.97 Å². The number of benzene rings is 1. The van der Waals surface area contributed by atoms with Crippen LogP contribution in [0, 0.1) is 13.8 Å². The van der Waals surface area contributed by atoms with Gasteiger partial charge in [0, 0.05) is 12.4 Å². The summed E-state index contributed by atoms with van der Waals surface area (Å²) in [5, 5.41) is 0.401. The van der Waals surface area contributed by atoms with Crippen LogP contribution in [-0.2, 0) is 10.0 Å². The summed E-state index contributed by atoms with van der Waals surface area (Å²) < 4.78 is 25.7. The van der Waals surface area contributed by atoms with Gasteiger partial charge in [0.2, 0.25) is 0 Å². The molecule has 0 spiro atoms. The molecule has 17 heavy (non-hydrogen) atoms. The fourth-order valence-corrected chi connectivity index (χ4v) is 3.33. The summed E-state index contributed by atoms with van der Waals surface area (Å²) in [5.74, 6) is 0. The molecular weight excluding hydrogens is 258 g/mol. The van der Waals surface area contributed by atoms with Gasteiger partial charge in [0.15, 0.2) is 0 Å². The van der Waals surface area contributed by atoms with Crippen molar-refractivity contribution in [2.45, 2.75) is 18.7 Å². The first kappa shape index (κ1) is 12.2. The highest BCUT2D eigenvalue weighted by molar-refractivity contribution is 7.90. The van der Waals surface area contributed by atoms with Crippen LogP contribution in [0.3, 0.4) is 0 Å². The molecule has 2 aromatic rings. The third kappa shape index (κ3) is 2.23. The number of aromatic nitrogens is 1. The van der Waals surface area contributed by atoms with Gasteiger partial charge >= 0.3 is 0 Å². The van der Waals surface area contributed by atoms with Crippen molar-refractivity contribution >= 4 is 21.6 Å². The predicted molar refractivity (Wildman–Crippen MR) is 67.9 cm³/mol. The maximum Gasteiger partial charge on any atom is 0.267 e. The standard InChI is InChI=1S/C12H12ClNO2S/c1-9-3-4-12(10(2)7-9)17(15,16)14-6-5-11(13)8-14/h3-8H,1-2H3. The van der Waals surface area contributed by atoms with Crippen LogP contribution in [0.2, 0.25) is 5.02 Å². The SMILES string of the molecule is Cc1ccc(S(=O)(=O)n2ccc(Cl)c2)c(C)c1. The van der Waals surface area contributed by atoms with Gasteiger partial charge in [-0.05, 0) is 31.5 Å². The molecule has 90 valence electrons. The summed E-state index contributed by atoms with van der Waals surface area (Å²) >= 11 is 5.73. The zero-order valence-electron chi connectivity index (χ0n) is 9.51. The summed E-state index contributed by atoms with van der Waals surface area (Å²) in [5.41, 5.74) is 1.77. The highest BCUT2D eigenvalue weighted by Gasteiger charge is 2.18. The number of aryl methyl sites for hydroxylation is 2. The van der Waals surface area contributed by atoms with E-state index in [9.17, 15) is 8.42 Å². The molecule has 0 saturated heterocycles. The molecule has 0 fully saturated rings. The summed E-state index contributed by atoms with van der Waals surface area (Å²) in [6.07, 6.45) is 2.83. The van der Waals surface area contributed by atoms with Crippen LogP contribution < -0.4 is 0 Å². The van der Waals surface area contributed by atoms with Gasteiger partial charge in [-0.1, -0.05) is 29.3 Å². The maximum absolute atomic E-state index is 12.3. The molecule has 2 rings (SSSR count). The van der Waals surface area contributed by atoms with Crippen LogP contribution in [0.5, 0.6) is 0 Å². The summed E-state index contributed by atoms with van der Waals surface area (Å²) in [4.78, 5) is 0.301. The molecule has 1 aromatic carbocycles. The Hall–Kier alpha value is -1.26. The number of nitrogens with zero attached hydrogens (tertiary/aromatic N) is 1. The lowest BCUT2D eigenvalue weighted by Crippen LogP contribution is -2.12. The van der Waals surface area contributed by atoms with Crippen LogP contribution >= 0.6 is 11.6 Å². The summed E-state index contributed by atoms with van der Waals surface area (Å²) in [7, 11) is -3.53. The predicted octanol–water partition coefficient (Wildman–Crippen LogP) is 3.00. The monoisotopic (exact) mass is 269 g/mol. The fourth-order valence-electron chi connectivity index (χ4n) is 1.70. The van der Waals surface area contributed by atoms with Crippen LogP contribution in [0.15, 0.2) is 41.6 Å². The van der Waals surface area contributed by atoms with Crippen molar-refractivity contribution in [3.8, 4) is 0 Å². The minimum absolute atomic E-state index is 0.301. The topological polar surface area (TPSA) is 39.1 Å². The molecule has 0 aliphatic heterocycles. The van der Waals surface area contributed by atoms with Crippen molar-refractivity contribution in [3.05, 3.63) is 52.8 Å². The third-order valence-electron chi connectivity index (χ3n) is 2.52. The zero-order chi connectivity index (χ0) is 12.6. The third-order valence-corrected chi connectivity index (χ3v) is 4.54. The number of hydrogen-bond donors (Lipinski definition) is 0. The van der Waals surface area contributed by atoms with Crippen LogP contribution in [0.1, 0.15) is 11.1 Å². The Balaban J connectivity index is 2.60. The molecule has 5 heteroatoms. The van der Waals surface area contributed by atoms with Crippen molar-refractivity contribution in [2.24, 2.45) is 0 Å². The van der Waals surface area contributed by atoms with E-state index in [-0.39, 0.29) is 0 Å². The smallest absolute Gasteiger partial charge is 0.247 e. The lowest BCUT2D eigenvalue weighted by molar-refractivity contribution is 0.587. The van der Waals surface area contributed by atoms with Crippen molar-refractivity contribution in [3.63, 3.8) is 0 Å². The quantitative estimate of drug-likeness (QED) is 0.841. The zero-order valence-corrected chi connectivity index (χ0v) is 11.1. The second-order valence-corrected chi connectivity index (χ2v) is 6.18. The minimum Gasteiger partial charge on any atom is -0.247 e. The van der Waals surface area contributed by atoms with Crippen molar-refractivity contribution < 1.29 is 8.42 Å². The Morgan fingerprint density at radius 2 is 1.88 bits per heavy atom. The van der Waals surface area contributed by atoms with Crippen LogP contribution in [0.25, 0.3) is 0 Å². The van der Waals surface area contributed by atoms with Crippen molar-refractivity contribution in [2.75, 3.05) is 0 Å². The van der Waals surface area contributed by atoms with E-state index in [1.807, 2.05) is 13.0 Å². The maximum atomic E-state index is 12.3. The molecule has 1 heterocycles. The molecule has 0 amide bonds. The van der Waals surface area contributed by atoms with Gasteiger partial charge in [-0.3, -0.25) is 0 Å². The van der Waals surface area contributed by atoms with E-state index in [1.165, 1.54) is 12.4 Å². The van der Waals surface area contributed by atoms with E-state index in [0.717, 1.165) is 15.1 Å². The van der Waals surface area contributed by atoms with E-state index < -0.39 is 10.0 Å². The number of halogens is 1. The molecule has 3 nitrogen and oxygen atoms in total. The van der Waals surface area contributed by atoms with E-state index in [4.69, 9.17) is 11.6 Å². The van der Waals surface area contributed by atoms with Gasteiger partial charge in [-0.25, -0.2) is 12.4 Å². The molecule has 0 aliphatic rings. The van der Waals surface area contributed by atoms with Gasteiger partial charge in [-0.2, -0.15) is 0 Å². The molecular formula is C12H12ClNO2S. The van der Waals surface area contributed by atoms with E-state index in [2.05, 4.69) is 0 Å². The Labute approximate surface area is 106 Å². The molecule has 0 aliphatic carbocycles. The Morgan fingerprint density at radius 1 is 1.18 bits per heavy atom. The molecule has 0 N–H and O–H groups in total. The second-order valence-electron chi connectivity index (χ2n) is 3.93. The minimum atomic E-state index is -3.53. The highest BCUT2D eigenvalue weighted by atomic mass is 35.5. The molecule has 0 saturated carbocycles. The Bertz CT molecular complexity index is 659. The molecule has 0 radical (unpaired) electrons. The van der Waals surface area contributed by atoms with E-state index in [0.29, 0.717) is 9.92 Å². The molecule has 1 aromatic heterocycles.